The van der Waals surface area contributed by atoms with Gasteiger partial charge in [-0.1, -0.05) is 109 Å². The number of hydrogen-bond acceptors (Lipinski definition) is 10. The summed E-state index contributed by atoms with van der Waals surface area (Å²) in [5.74, 6) is 0. The van der Waals surface area contributed by atoms with Gasteiger partial charge in [0.15, 0.2) is 0 Å². The lowest BCUT2D eigenvalue weighted by atomic mass is 9.35. The van der Waals surface area contributed by atoms with Crippen LogP contribution in [0.25, 0.3) is 33.4 Å². The lowest BCUT2D eigenvalue weighted by Crippen LogP contribution is -2.49. The predicted molar refractivity (Wildman–Crippen MR) is 221 cm³/mol. The van der Waals surface area contributed by atoms with Crippen LogP contribution in [0.15, 0.2) is 143 Å². The van der Waals surface area contributed by atoms with Crippen LogP contribution in [0.1, 0.15) is 11.1 Å². The highest BCUT2D eigenvalue weighted by Crippen LogP contribution is 2.56. The molecule has 0 atom stereocenters. The molecule has 2 aliphatic carbocycles. The zero-order chi connectivity index (χ0) is 38.3. The molecule has 4 fully saturated rings. The molecule has 4 aromatic carbocycles. The largest absolute Gasteiger partial charge is 0.470 e. The van der Waals surface area contributed by atoms with Crippen molar-refractivity contribution in [3.05, 3.63) is 165 Å². The van der Waals surface area contributed by atoms with Crippen LogP contribution in [0, 0.1) is 0 Å². The second kappa shape index (κ2) is 13.9. The van der Waals surface area contributed by atoms with Crippen molar-refractivity contribution in [3.63, 3.8) is 0 Å². The van der Waals surface area contributed by atoms with Crippen LogP contribution in [-0.2, 0) is 37.2 Å². The normalized spacial score (nSPS) is 22.5. The van der Waals surface area contributed by atoms with E-state index in [1.807, 2.05) is 24.3 Å². The maximum Gasteiger partial charge on any atom is 0.470 e. The average Bonchev–Trinajstić information content (AvgIpc) is 4.13. The van der Waals surface area contributed by atoms with Gasteiger partial charge in [-0.3, -0.25) is 0 Å². The summed E-state index contributed by atoms with van der Waals surface area (Å²) >= 11 is 0. The first-order valence-corrected chi connectivity index (χ1v) is 20.1. The van der Waals surface area contributed by atoms with Crippen LogP contribution < -0.4 is 21.2 Å². The summed E-state index contributed by atoms with van der Waals surface area (Å²) < 4.78 is 49.8. The Balaban J connectivity index is 0.893. The molecule has 58 heavy (non-hydrogen) atoms. The van der Waals surface area contributed by atoms with E-state index in [-0.39, 0.29) is 0 Å². The number of rotatable bonds is 7. The molecular formula is C44H36B4N2O8. The fraction of sp³-hybridized carbons (Fsp3) is 0.227. The maximum absolute atomic E-state index is 6.22. The molecule has 6 aliphatic heterocycles. The molecular weight excluding hydrogens is 728 g/mol. The minimum atomic E-state index is -0.807. The van der Waals surface area contributed by atoms with Crippen molar-refractivity contribution in [2.24, 2.45) is 9.98 Å². The van der Waals surface area contributed by atoms with Gasteiger partial charge in [-0.2, -0.15) is 0 Å². The Bertz CT molecular complexity index is 2510. The Morgan fingerprint density at radius 3 is 1.03 bits per heavy atom. The monoisotopic (exact) mass is 764 g/mol. The summed E-state index contributed by atoms with van der Waals surface area (Å²) in [5.41, 5.74) is 10.2. The fourth-order valence-corrected chi connectivity index (χ4v) is 9.90. The molecule has 0 amide bonds. The molecule has 0 aromatic heterocycles. The van der Waals surface area contributed by atoms with E-state index in [1.165, 1.54) is 0 Å². The minimum absolute atomic E-state index is 0.517. The topological polar surface area (TPSA) is 98.6 Å². The Kier molecular flexibility index (Phi) is 8.39. The van der Waals surface area contributed by atoms with E-state index in [1.54, 1.807) is 0 Å². The molecule has 282 valence electrons. The van der Waals surface area contributed by atoms with Crippen LogP contribution in [0.5, 0.6) is 0 Å². The molecule has 0 N–H and O–H groups in total. The molecule has 6 heterocycles. The molecule has 8 aliphatic rings. The van der Waals surface area contributed by atoms with Crippen molar-refractivity contribution in [2.75, 3.05) is 52.9 Å². The third-order valence-electron chi connectivity index (χ3n) is 12.5. The Hall–Kier alpha value is -4.88. The van der Waals surface area contributed by atoms with Crippen molar-refractivity contribution in [2.45, 2.75) is 10.4 Å². The highest BCUT2D eigenvalue weighted by atomic mass is 16.7. The molecule has 4 aromatic rings. The first-order valence-electron chi connectivity index (χ1n) is 20.1. The van der Waals surface area contributed by atoms with Crippen LogP contribution in [0.2, 0.25) is 10.4 Å². The molecule has 0 radical (unpaired) electrons. The highest BCUT2D eigenvalue weighted by Gasteiger charge is 2.64. The zero-order valence-electron chi connectivity index (χ0n) is 31.7. The fourth-order valence-electron chi connectivity index (χ4n) is 9.90. The van der Waals surface area contributed by atoms with Crippen LogP contribution >= 0.6 is 0 Å². The van der Waals surface area contributed by atoms with E-state index in [2.05, 4.69) is 97.1 Å². The van der Waals surface area contributed by atoms with Gasteiger partial charge in [0.2, 0.25) is 0 Å². The van der Waals surface area contributed by atoms with Crippen molar-refractivity contribution in [1.29, 1.82) is 0 Å². The SMILES string of the molecule is C1=CC(B2OCCO2)(B2OCCO2)C2=c3ccccc3=NC2=C1c1ccc(-c2ccc(C3=C4N=c5ccccc5=C4C(B4OCCO4)(B4OCCO4)C=C3)cc2)cc1. The standard InChI is InChI=1S/C44H36B4N2O8/c1-3-7-37-35(5-1)39-41(49-37)33(17-19-43(39,45-51-21-22-52-45)46-53-23-24-54-46)31-13-9-29(10-14-31)30-11-15-32(16-12-30)34-18-20-44(47-55-25-26-56-47,48-57-27-28-58-48)40-36-6-2-4-8-38(36)50-42(34)40/h1-20H,21-28H2. The summed E-state index contributed by atoms with van der Waals surface area (Å²) in [6.45, 7) is 4.14. The second-order valence-corrected chi connectivity index (χ2v) is 15.5. The van der Waals surface area contributed by atoms with Gasteiger partial charge in [-0.15, -0.1) is 0 Å². The van der Waals surface area contributed by atoms with Crippen LogP contribution in [0.3, 0.4) is 0 Å². The molecule has 4 saturated heterocycles. The van der Waals surface area contributed by atoms with E-state index in [0.29, 0.717) is 52.9 Å². The highest BCUT2D eigenvalue weighted by molar-refractivity contribution is 6.77. The summed E-state index contributed by atoms with van der Waals surface area (Å²) in [4.78, 5) is 10.4. The lowest BCUT2D eigenvalue weighted by Gasteiger charge is -2.37. The molecule has 0 unspecified atom stereocenters. The smallest absolute Gasteiger partial charge is 0.408 e. The van der Waals surface area contributed by atoms with Gasteiger partial charge in [-0.05, 0) is 45.5 Å². The van der Waals surface area contributed by atoms with Gasteiger partial charge >= 0.3 is 28.5 Å². The van der Waals surface area contributed by atoms with E-state index < -0.39 is 38.9 Å². The minimum Gasteiger partial charge on any atom is -0.408 e. The Morgan fingerprint density at radius 1 is 0.379 bits per heavy atom. The van der Waals surface area contributed by atoms with E-state index in [9.17, 15) is 0 Å². The second-order valence-electron chi connectivity index (χ2n) is 15.5. The van der Waals surface area contributed by atoms with Crippen molar-refractivity contribution in [3.8, 4) is 11.1 Å². The molecule has 0 spiro atoms. The summed E-state index contributed by atoms with van der Waals surface area (Å²) in [5, 5.41) is 2.31. The number of nitrogens with zero attached hydrogens (tertiary/aromatic N) is 2. The first-order chi connectivity index (χ1) is 28.7. The number of benzene rings is 4. The van der Waals surface area contributed by atoms with Crippen molar-refractivity contribution < 1.29 is 37.2 Å². The average molecular weight is 764 g/mol. The van der Waals surface area contributed by atoms with Crippen LogP contribution in [-0.4, -0.2) is 81.3 Å². The molecule has 12 rings (SSSR count). The Morgan fingerprint density at radius 2 is 0.690 bits per heavy atom. The number of fused-ring (bicyclic) bond motifs is 4. The van der Waals surface area contributed by atoms with E-state index in [0.717, 1.165) is 77.1 Å². The number of hydrogen-bond donors (Lipinski definition) is 0. The maximum atomic E-state index is 6.22. The van der Waals surface area contributed by atoms with Gasteiger partial charge in [0.25, 0.3) is 0 Å². The molecule has 14 heteroatoms. The molecule has 0 saturated carbocycles. The third kappa shape index (κ3) is 5.20. The Labute approximate surface area is 336 Å². The lowest BCUT2D eigenvalue weighted by molar-refractivity contribution is 0.326. The predicted octanol–water partition coefficient (Wildman–Crippen LogP) is 3.58. The van der Waals surface area contributed by atoms with Gasteiger partial charge < -0.3 is 37.2 Å². The number of allylic oxidation sites excluding steroid dienone is 8. The molecule has 10 nitrogen and oxygen atoms in total. The quantitative estimate of drug-likeness (QED) is 0.264. The van der Waals surface area contributed by atoms with Crippen LogP contribution in [0.4, 0.5) is 0 Å². The van der Waals surface area contributed by atoms with Gasteiger partial charge in [0.1, 0.15) is 0 Å². The van der Waals surface area contributed by atoms with E-state index >= 15 is 0 Å². The zero-order valence-corrected chi connectivity index (χ0v) is 31.7. The third-order valence-corrected chi connectivity index (χ3v) is 12.5. The summed E-state index contributed by atoms with van der Waals surface area (Å²) in [6.07, 6.45) is 8.61. The first kappa shape index (κ1) is 35.1. The van der Waals surface area contributed by atoms with Crippen molar-refractivity contribution in [1.82, 2.24) is 0 Å². The van der Waals surface area contributed by atoms with Gasteiger partial charge in [-0.25, -0.2) is 9.98 Å². The van der Waals surface area contributed by atoms with Gasteiger partial charge in [0, 0.05) is 21.6 Å². The molecule has 0 bridgehead atoms. The van der Waals surface area contributed by atoms with E-state index in [4.69, 9.17) is 47.2 Å². The van der Waals surface area contributed by atoms with Gasteiger partial charge in [0.05, 0.1) is 85.4 Å². The van der Waals surface area contributed by atoms with Crippen molar-refractivity contribution >= 4 is 50.8 Å². The summed E-state index contributed by atoms with van der Waals surface area (Å²) in [7, 11) is -2.22. The summed E-state index contributed by atoms with van der Waals surface area (Å²) in [6, 6.07) is 33.9. The number of para-hydroxylation sites is 2.